The Morgan fingerprint density at radius 2 is 1.38 bits per heavy atom. The Labute approximate surface area is 231 Å². The molecule has 39 heavy (non-hydrogen) atoms. The van der Waals surface area contributed by atoms with Crippen LogP contribution in [0.5, 0.6) is 0 Å². The average molecular weight is 534 g/mol. The molecule has 0 fully saturated rings. The van der Waals surface area contributed by atoms with E-state index in [1.807, 2.05) is 63.2 Å². The van der Waals surface area contributed by atoms with Crippen LogP contribution in [0.4, 0.5) is 4.79 Å². The molecule has 0 saturated heterocycles. The molecule has 3 aromatic rings. The van der Waals surface area contributed by atoms with Gasteiger partial charge in [-0.1, -0.05) is 78.9 Å². The second-order valence-corrected chi connectivity index (χ2v) is 10.0. The van der Waals surface area contributed by atoms with E-state index in [9.17, 15) is 14.4 Å². The second-order valence-electron chi connectivity index (χ2n) is 10.0. The number of hydrogen-bond acceptors (Lipinski definition) is 6. The molecule has 3 aromatic carbocycles. The molecule has 0 unspecified atom stereocenters. The van der Waals surface area contributed by atoms with E-state index in [1.54, 1.807) is 29.2 Å². The van der Waals surface area contributed by atoms with Crippen LogP contribution in [0.3, 0.4) is 0 Å². The van der Waals surface area contributed by atoms with E-state index in [0.717, 1.165) is 29.4 Å². The molecular formula is C32H39NO6. The molecule has 0 aliphatic rings. The zero-order chi connectivity index (χ0) is 28.7. The lowest BCUT2D eigenvalue weighted by atomic mass is 10.1. The van der Waals surface area contributed by atoms with Gasteiger partial charge in [-0.15, -0.1) is 0 Å². The van der Waals surface area contributed by atoms with E-state index in [2.05, 4.69) is 16.9 Å². The molecule has 1 N–H and O–H groups in total. The number of benzene rings is 3. The maximum Gasteiger partial charge on any atom is 0.410 e. The van der Waals surface area contributed by atoms with Crippen LogP contribution in [0.2, 0.25) is 0 Å². The van der Waals surface area contributed by atoms with Crippen molar-refractivity contribution in [3.63, 3.8) is 0 Å². The zero-order valence-electron chi connectivity index (χ0n) is 23.3. The number of esters is 1. The Kier molecular flexibility index (Phi) is 12.9. The minimum Gasteiger partial charge on any atom is -0.469 e. The van der Waals surface area contributed by atoms with Crippen LogP contribution in [0.25, 0.3) is 0 Å². The highest BCUT2D eigenvalue weighted by Crippen LogP contribution is 2.15. The Balaban J connectivity index is 0.000000344. The molecular weight excluding hydrogens is 494 g/mol. The summed E-state index contributed by atoms with van der Waals surface area (Å²) in [6.45, 7) is 6.87. The van der Waals surface area contributed by atoms with Crippen LogP contribution < -0.4 is 0 Å². The lowest BCUT2D eigenvalue weighted by Crippen LogP contribution is -2.37. The van der Waals surface area contributed by atoms with Crippen molar-refractivity contribution in [2.24, 2.45) is 0 Å². The number of methoxy groups -OCH3 is 1. The molecule has 3 rings (SSSR count). The first-order valence-electron chi connectivity index (χ1n) is 12.9. The van der Waals surface area contributed by atoms with Crippen LogP contribution in [0.1, 0.15) is 53.4 Å². The predicted molar refractivity (Wildman–Crippen MR) is 152 cm³/mol. The van der Waals surface area contributed by atoms with Gasteiger partial charge >= 0.3 is 12.1 Å². The van der Waals surface area contributed by atoms with Gasteiger partial charge in [0, 0.05) is 25.3 Å². The van der Waals surface area contributed by atoms with Gasteiger partial charge in [0.05, 0.1) is 13.5 Å². The van der Waals surface area contributed by atoms with Crippen LogP contribution >= 0.6 is 0 Å². The van der Waals surface area contributed by atoms with Crippen molar-refractivity contribution < 1.29 is 29.0 Å². The van der Waals surface area contributed by atoms with Gasteiger partial charge in [0.1, 0.15) is 11.9 Å². The van der Waals surface area contributed by atoms with Crippen LogP contribution in [0.15, 0.2) is 78.9 Å². The average Bonchev–Trinajstić information content (AvgIpc) is 2.92. The fourth-order valence-corrected chi connectivity index (χ4v) is 3.58. The van der Waals surface area contributed by atoms with Gasteiger partial charge in [0.15, 0.2) is 0 Å². The van der Waals surface area contributed by atoms with Gasteiger partial charge < -0.3 is 19.5 Å². The molecule has 1 amide bonds. The highest BCUT2D eigenvalue weighted by molar-refractivity contribution is 5.76. The quantitative estimate of drug-likeness (QED) is 0.277. The molecule has 0 radical (unpaired) electrons. The molecule has 0 atom stereocenters. The van der Waals surface area contributed by atoms with Gasteiger partial charge in [0.25, 0.3) is 0 Å². The van der Waals surface area contributed by atoms with E-state index < -0.39 is 5.60 Å². The molecule has 0 heterocycles. The van der Waals surface area contributed by atoms with Gasteiger partial charge in [0.2, 0.25) is 0 Å². The summed E-state index contributed by atoms with van der Waals surface area (Å²) in [5.74, 6) is -0.279. The van der Waals surface area contributed by atoms with E-state index in [4.69, 9.17) is 9.84 Å². The molecule has 7 nitrogen and oxygen atoms in total. The maximum absolute atomic E-state index is 12.6. The fraction of sp³-hybridized carbons (Fsp3) is 0.344. The van der Waals surface area contributed by atoms with E-state index >= 15 is 0 Å². The Morgan fingerprint density at radius 3 is 1.92 bits per heavy atom. The first-order chi connectivity index (χ1) is 18.6. The first-order valence-corrected chi connectivity index (χ1v) is 12.9. The predicted octanol–water partition coefficient (Wildman–Crippen LogP) is 5.42. The third-order valence-electron chi connectivity index (χ3n) is 5.65. The Morgan fingerprint density at radius 1 is 0.821 bits per heavy atom. The molecule has 0 saturated carbocycles. The van der Waals surface area contributed by atoms with Crippen molar-refractivity contribution in [2.45, 2.75) is 52.2 Å². The number of aldehydes is 1. The summed E-state index contributed by atoms with van der Waals surface area (Å²) in [5.41, 5.74) is 4.26. The minimum atomic E-state index is -0.521. The number of aliphatic hydroxyl groups excluding tert-OH is 1. The summed E-state index contributed by atoms with van der Waals surface area (Å²) in [7, 11) is 1.35. The monoisotopic (exact) mass is 533 g/mol. The second kappa shape index (κ2) is 16.1. The summed E-state index contributed by atoms with van der Waals surface area (Å²) in [6.07, 6.45) is 2.14. The molecule has 208 valence electrons. The van der Waals surface area contributed by atoms with Crippen molar-refractivity contribution in [3.8, 4) is 0 Å². The van der Waals surface area contributed by atoms with Crippen LogP contribution in [0, 0.1) is 0 Å². The normalized spacial score (nSPS) is 10.6. The summed E-state index contributed by atoms with van der Waals surface area (Å²) in [6, 6.07) is 25.0. The van der Waals surface area contributed by atoms with Gasteiger partial charge in [-0.05, 0) is 55.9 Å². The SMILES string of the molecule is CC(C)(C)OC(=O)N(CCc1ccccc1)Cc1ccc(CCO)cc1.COC(=O)Cc1ccc(C=O)cc1. The number of ether oxygens (including phenoxy) is 2. The van der Waals surface area contributed by atoms with Crippen molar-refractivity contribution >= 4 is 18.3 Å². The highest BCUT2D eigenvalue weighted by Gasteiger charge is 2.22. The summed E-state index contributed by atoms with van der Waals surface area (Å²) >= 11 is 0. The molecule has 7 heteroatoms. The van der Waals surface area contributed by atoms with E-state index in [1.165, 1.54) is 12.7 Å². The number of hydrogen-bond donors (Lipinski definition) is 1. The Bertz CT molecular complexity index is 1150. The van der Waals surface area contributed by atoms with E-state index in [0.29, 0.717) is 25.1 Å². The molecule has 0 spiro atoms. The number of rotatable bonds is 10. The molecule has 0 aliphatic carbocycles. The van der Waals surface area contributed by atoms with Gasteiger partial charge in [-0.25, -0.2) is 4.79 Å². The van der Waals surface area contributed by atoms with Crippen molar-refractivity contribution in [1.82, 2.24) is 4.90 Å². The number of nitrogens with zero attached hydrogens (tertiary/aromatic N) is 1. The molecule has 0 aromatic heterocycles. The van der Waals surface area contributed by atoms with Crippen LogP contribution in [-0.4, -0.2) is 54.2 Å². The van der Waals surface area contributed by atoms with Gasteiger partial charge in [-0.2, -0.15) is 0 Å². The smallest absolute Gasteiger partial charge is 0.410 e. The first kappa shape index (κ1) is 31.2. The van der Waals surface area contributed by atoms with Crippen molar-refractivity contribution in [2.75, 3.05) is 20.3 Å². The topological polar surface area (TPSA) is 93.1 Å². The summed E-state index contributed by atoms with van der Waals surface area (Å²) in [5, 5.41) is 9.02. The minimum absolute atomic E-state index is 0.139. The molecule has 0 aliphatic heterocycles. The third kappa shape index (κ3) is 12.4. The molecule has 0 bridgehead atoms. The number of amides is 1. The zero-order valence-corrected chi connectivity index (χ0v) is 23.3. The lowest BCUT2D eigenvalue weighted by molar-refractivity contribution is -0.139. The summed E-state index contributed by atoms with van der Waals surface area (Å²) < 4.78 is 10.1. The number of carbonyl (C=O) groups excluding carboxylic acids is 3. The summed E-state index contributed by atoms with van der Waals surface area (Å²) in [4.78, 5) is 35.5. The number of aliphatic hydroxyl groups is 1. The van der Waals surface area contributed by atoms with Crippen molar-refractivity contribution in [1.29, 1.82) is 0 Å². The fourth-order valence-electron chi connectivity index (χ4n) is 3.58. The Hall–Kier alpha value is -3.97. The maximum atomic E-state index is 12.6. The van der Waals surface area contributed by atoms with Crippen molar-refractivity contribution in [3.05, 3.63) is 107 Å². The number of carbonyl (C=O) groups is 3. The largest absolute Gasteiger partial charge is 0.469 e. The highest BCUT2D eigenvalue weighted by atomic mass is 16.6. The van der Waals surface area contributed by atoms with E-state index in [-0.39, 0.29) is 25.1 Å². The lowest BCUT2D eigenvalue weighted by Gasteiger charge is -2.27. The van der Waals surface area contributed by atoms with Crippen LogP contribution in [-0.2, 0) is 40.1 Å². The van der Waals surface area contributed by atoms with Gasteiger partial charge in [-0.3, -0.25) is 9.59 Å². The standard InChI is InChI=1S/C22H29NO3.C10H10O3/c1-22(2,3)26-21(25)23(15-13-18-7-5-4-6-8-18)17-20-11-9-19(10-12-20)14-16-24;1-13-10(12)6-8-2-4-9(7-11)5-3-8/h4-12,24H,13-17H2,1-3H3;2-5,7H,6H2,1H3. The third-order valence-corrected chi connectivity index (χ3v) is 5.65.